The first-order valence-corrected chi connectivity index (χ1v) is 9.14. The van der Waals surface area contributed by atoms with Crippen molar-refractivity contribution in [2.75, 3.05) is 0 Å². The van der Waals surface area contributed by atoms with Crippen molar-refractivity contribution >= 4 is 33.6 Å². The Balaban J connectivity index is 1.83. The number of aromatic nitrogens is 3. The Morgan fingerprint density at radius 1 is 1.36 bits per heavy atom. The lowest BCUT2D eigenvalue weighted by atomic mass is 10.2. The number of carbonyl (C=O) groups excluding carboxylic acids is 1. The van der Waals surface area contributed by atoms with E-state index in [9.17, 15) is 9.18 Å². The Morgan fingerprint density at radius 2 is 2.20 bits per heavy atom. The molecule has 25 heavy (non-hydrogen) atoms. The molecule has 0 aliphatic rings. The maximum atomic E-state index is 13.2. The van der Waals surface area contributed by atoms with Crippen LogP contribution in [0, 0.1) is 5.82 Å². The number of furan rings is 1. The number of hydrogen-bond acceptors (Lipinski definition) is 5. The molecule has 3 rings (SSSR count). The van der Waals surface area contributed by atoms with Crippen LogP contribution in [0.3, 0.4) is 0 Å². The molecule has 6 nitrogen and oxygen atoms in total. The lowest BCUT2D eigenvalue weighted by molar-refractivity contribution is -0.118. The van der Waals surface area contributed by atoms with Crippen molar-refractivity contribution < 1.29 is 13.6 Å². The number of halogens is 2. The zero-order valence-corrected chi connectivity index (χ0v) is 15.4. The summed E-state index contributed by atoms with van der Waals surface area (Å²) in [5, 5.41) is 8.98. The molecule has 1 aromatic carbocycles. The highest BCUT2D eigenvalue weighted by Crippen LogP contribution is 2.29. The van der Waals surface area contributed by atoms with Crippen LogP contribution in [0.2, 0.25) is 0 Å². The topological polar surface area (TPSA) is 86.9 Å². The van der Waals surface area contributed by atoms with Crippen molar-refractivity contribution in [1.82, 2.24) is 14.8 Å². The minimum Gasteiger partial charge on any atom is -0.461 e. The molecular formula is C16H14BrFN4O2S. The molecule has 0 saturated carbocycles. The quantitative estimate of drug-likeness (QED) is 0.585. The van der Waals surface area contributed by atoms with Crippen LogP contribution in [0.25, 0.3) is 11.6 Å². The first-order valence-electron chi connectivity index (χ1n) is 7.36. The number of primary amides is 1. The summed E-state index contributed by atoms with van der Waals surface area (Å²) in [6, 6.07) is 8.07. The summed E-state index contributed by atoms with van der Waals surface area (Å²) in [5.74, 6) is 0.952. The second kappa shape index (κ2) is 7.83. The minimum atomic E-state index is -0.406. The number of benzene rings is 1. The number of nitrogens with two attached hydrogens (primary N) is 1. The average Bonchev–Trinajstić information content (AvgIpc) is 3.21. The maximum absolute atomic E-state index is 13.2. The summed E-state index contributed by atoms with van der Waals surface area (Å²) in [4.78, 5) is 11.2. The molecule has 1 amide bonds. The van der Waals surface area contributed by atoms with Gasteiger partial charge in [0.2, 0.25) is 5.91 Å². The van der Waals surface area contributed by atoms with Crippen molar-refractivity contribution in [1.29, 1.82) is 0 Å². The van der Waals surface area contributed by atoms with E-state index in [1.807, 2.05) is 0 Å². The van der Waals surface area contributed by atoms with Gasteiger partial charge in [-0.05, 0) is 29.8 Å². The summed E-state index contributed by atoms with van der Waals surface area (Å²) >= 11 is 4.79. The monoisotopic (exact) mass is 424 g/mol. The first-order chi connectivity index (χ1) is 12.0. The molecule has 0 aliphatic carbocycles. The molecular weight excluding hydrogens is 411 g/mol. The van der Waals surface area contributed by atoms with Gasteiger partial charge in [-0.25, -0.2) is 4.39 Å². The van der Waals surface area contributed by atoms with Gasteiger partial charge in [0.15, 0.2) is 16.7 Å². The van der Waals surface area contributed by atoms with Crippen LogP contribution in [0.1, 0.15) is 12.0 Å². The molecule has 2 aromatic heterocycles. The van der Waals surface area contributed by atoms with E-state index in [4.69, 9.17) is 10.2 Å². The van der Waals surface area contributed by atoms with E-state index in [2.05, 4.69) is 26.1 Å². The molecule has 2 N–H and O–H groups in total. The van der Waals surface area contributed by atoms with Crippen molar-refractivity contribution in [3.8, 4) is 11.6 Å². The third-order valence-corrected chi connectivity index (χ3v) is 5.17. The van der Waals surface area contributed by atoms with Gasteiger partial charge in [0.1, 0.15) is 5.82 Å². The molecule has 0 unspecified atom stereocenters. The summed E-state index contributed by atoms with van der Waals surface area (Å²) in [5.41, 5.74) is 6.19. The normalized spacial score (nSPS) is 11.0. The number of hydrogen-bond donors (Lipinski definition) is 1. The second-order valence-corrected chi connectivity index (χ2v) is 6.97. The van der Waals surface area contributed by atoms with Crippen LogP contribution >= 0.6 is 27.7 Å². The predicted octanol–water partition coefficient (Wildman–Crippen LogP) is 3.61. The summed E-state index contributed by atoms with van der Waals surface area (Å²) in [6.45, 7) is 0.352. The molecule has 130 valence electrons. The Kier molecular flexibility index (Phi) is 5.54. The van der Waals surface area contributed by atoms with Crippen molar-refractivity contribution in [2.24, 2.45) is 5.73 Å². The molecule has 0 fully saturated rings. The molecule has 0 saturated heterocycles. The lowest BCUT2D eigenvalue weighted by Crippen LogP contribution is -2.15. The Bertz CT molecular complexity index is 882. The first kappa shape index (κ1) is 17.7. The third-order valence-electron chi connectivity index (χ3n) is 3.41. The highest BCUT2D eigenvalue weighted by molar-refractivity contribution is 9.10. The standard InChI is InChI=1S/C16H14BrFN4O2S/c17-12-8-11(18)4-3-10(12)9-25-16-21-20-15(13-2-1-7-24-13)22(16)6-5-14(19)23/h1-4,7-8H,5-6,9H2,(H2,19,23). The Labute approximate surface area is 155 Å². The van der Waals surface area contributed by atoms with Gasteiger partial charge < -0.3 is 10.2 Å². The van der Waals surface area contributed by atoms with Gasteiger partial charge in [0.25, 0.3) is 0 Å². The largest absolute Gasteiger partial charge is 0.461 e. The zero-order chi connectivity index (χ0) is 17.8. The number of amides is 1. The molecule has 9 heteroatoms. The van der Waals surface area contributed by atoms with Crippen LogP contribution in [0.5, 0.6) is 0 Å². The van der Waals surface area contributed by atoms with Crippen molar-refractivity contribution in [3.05, 3.63) is 52.4 Å². The van der Waals surface area contributed by atoms with E-state index >= 15 is 0 Å². The highest BCUT2D eigenvalue weighted by atomic mass is 79.9. The number of carbonyl (C=O) groups is 1. The van der Waals surface area contributed by atoms with Gasteiger partial charge in [0, 0.05) is 23.2 Å². The minimum absolute atomic E-state index is 0.166. The zero-order valence-electron chi connectivity index (χ0n) is 13.0. The third kappa shape index (κ3) is 4.29. The van der Waals surface area contributed by atoms with Crippen molar-refractivity contribution in [2.45, 2.75) is 23.9 Å². The van der Waals surface area contributed by atoms with E-state index in [0.717, 1.165) is 5.56 Å². The van der Waals surface area contributed by atoms with E-state index in [-0.39, 0.29) is 12.2 Å². The van der Waals surface area contributed by atoms with Gasteiger partial charge in [-0.3, -0.25) is 9.36 Å². The van der Waals surface area contributed by atoms with E-state index in [1.165, 1.54) is 23.9 Å². The van der Waals surface area contributed by atoms with Crippen LogP contribution in [0.15, 0.2) is 50.6 Å². The van der Waals surface area contributed by atoms with Crippen molar-refractivity contribution in [3.63, 3.8) is 0 Å². The number of nitrogens with zero attached hydrogens (tertiary/aromatic N) is 3. The van der Waals surface area contributed by atoms with Gasteiger partial charge >= 0.3 is 0 Å². The number of thioether (sulfide) groups is 1. The molecule has 3 aromatic rings. The fourth-order valence-electron chi connectivity index (χ4n) is 2.19. The van der Waals surface area contributed by atoms with Gasteiger partial charge in [-0.2, -0.15) is 0 Å². The average molecular weight is 425 g/mol. The van der Waals surface area contributed by atoms with Gasteiger partial charge in [-0.1, -0.05) is 33.8 Å². The smallest absolute Gasteiger partial charge is 0.219 e. The summed E-state index contributed by atoms with van der Waals surface area (Å²) < 4.78 is 21.1. The predicted molar refractivity (Wildman–Crippen MR) is 95.2 cm³/mol. The molecule has 0 spiro atoms. The van der Waals surface area contributed by atoms with Crippen LogP contribution in [0.4, 0.5) is 4.39 Å². The van der Waals surface area contributed by atoms with Gasteiger partial charge in [-0.15, -0.1) is 10.2 Å². The molecule has 0 bridgehead atoms. The highest BCUT2D eigenvalue weighted by Gasteiger charge is 2.17. The molecule has 0 aliphatic heterocycles. The fraction of sp³-hybridized carbons (Fsp3) is 0.188. The number of rotatable bonds is 7. The van der Waals surface area contributed by atoms with Crippen LogP contribution < -0.4 is 5.73 Å². The summed E-state index contributed by atoms with van der Waals surface area (Å²) in [6.07, 6.45) is 1.71. The second-order valence-electron chi connectivity index (χ2n) is 5.18. The van der Waals surface area contributed by atoms with Crippen LogP contribution in [-0.4, -0.2) is 20.7 Å². The van der Waals surface area contributed by atoms with Crippen LogP contribution in [-0.2, 0) is 17.1 Å². The Morgan fingerprint density at radius 3 is 2.88 bits per heavy atom. The molecule has 2 heterocycles. The van der Waals surface area contributed by atoms with Gasteiger partial charge in [0.05, 0.1) is 6.26 Å². The summed E-state index contributed by atoms with van der Waals surface area (Å²) in [7, 11) is 0. The SMILES string of the molecule is NC(=O)CCn1c(SCc2ccc(F)cc2Br)nnc1-c1ccco1. The Hall–Kier alpha value is -2.13. The fourth-order valence-corrected chi connectivity index (χ4v) is 3.83. The molecule has 0 radical (unpaired) electrons. The van der Waals surface area contributed by atoms with E-state index in [0.29, 0.717) is 33.5 Å². The van der Waals surface area contributed by atoms with E-state index in [1.54, 1.807) is 29.0 Å². The molecule has 0 atom stereocenters. The van der Waals surface area contributed by atoms with E-state index < -0.39 is 5.91 Å². The maximum Gasteiger partial charge on any atom is 0.219 e. The lowest BCUT2D eigenvalue weighted by Gasteiger charge is -2.08.